The van der Waals surface area contributed by atoms with Gasteiger partial charge in [-0.05, 0) is 61.9 Å². The van der Waals surface area contributed by atoms with Crippen LogP contribution in [0, 0.1) is 5.92 Å². The van der Waals surface area contributed by atoms with Gasteiger partial charge in [0.2, 0.25) is 0 Å². The maximum atomic E-state index is 12.7. The monoisotopic (exact) mass is 414 g/mol. The van der Waals surface area contributed by atoms with Gasteiger partial charge < -0.3 is 14.8 Å². The molecule has 1 aliphatic heterocycles. The van der Waals surface area contributed by atoms with E-state index in [2.05, 4.69) is 40.7 Å². The van der Waals surface area contributed by atoms with Crippen LogP contribution in [0.3, 0.4) is 0 Å². The fraction of sp³-hybridized carbons (Fsp3) is 0.435. The Morgan fingerprint density at radius 3 is 2.55 bits per heavy atom. The predicted octanol–water partition coefficient (Wildman–Crippen LogP) is 4.07. The first-order valence-corrected chi connectivity index (χ1v) is 11.2. The summed E-state index contributed by atoms with van der Waals surface area (Å²) in [5.74, 6) is 1.44. The second-order valence-electron chi connectivity index (χ2n) is 7.28. The Bertz CT molecular complexity index is 820. The molecule has 6 heteroatoms. The zero-order valence-electron chi connectivity index (χ0n) is 17.4. The van der Waals surface area contributed by atoms with Crippen LogP contribution in [-0.4, -0.2) is 50.9 Å². The number of benzene rings is 2. The van der Waals surface area contributed by atoms with Crippen molar-refractivity contribution in [1.29, 1.82) is 0 Å². The van der Waals surface area contributed by atoms with Crippen LogP contribution >= 0.6 is 11.8 Å². The summed E-state index contributed by atoms with van der Waals surface area (Å²) in [4.78, 5) is 16.5. The highest BCUT2D eigenvalue weighted by Gasteiger charge is 2.22. The number of ether oxygens (including phenoxy) is 2. The quantitative estimate of drug-likeness (QED) is 0.660. The molecule has 0 spiro atoms. The second kappa shape index (κ2) is 10.6. The van der Waals surface area contributed by atoms with Crippen molar-refractivity contribution in [1.82, 2.24) is 10.2 Å². The third-order valence-corrected chi connectivity index (χ3v) is 6.33. The van der Waals surface area contributed by atoms with Gasteiger partial charge in [-0.2, -0.15) is 0 Å². The number of nitrogens with one attached hydrogen (secondary N) is 1. The lowest BCUT2D eigenvalue weighted by Crippen LogP contribution is -2.38. The molecular weight excluding hydrogens is 384 g/mol. The van der Waals surface area contributed by atoms with E-state index in [4.69, 9.17) is 9.47 Å². The number of thioether (sulfide) groups is 1. The Hall–Kier alpha value is -2.18. The molecule has 3 rings (SSSR count). The summed E-state index contributed by atoms with van der Waals surface area (Å²) in [6.07, 6.45) is 4.32. The number of piperidine rings is 1. The van der Waals surface area contributed by atoms with Crippen molar-refractivity contribution >= 4 is 17.7 Å². The summed E-state index contributed by atoms with van der Waals surface area (Å²) in [6, 6.07) is 14.0. The lowest BCUT2D eigenvalue weighted by atomic mass is 9.96. The summed E-state index contributed by atoms with van der Waals surface area (Å²) in [5.41, 5.74) is 1.91. The molecule has 1 amide bonds. The molecule has 1 heterocycles. The highest BCUT2D eigenvalue weighted by molar-refractivity contribution is 7.98. The third-order valence-electron chi connectivity index (χ3n) is 5.49. The number of amides is 1. The molecule has 1 aliphatic rings. The van der Waals surface area contributed by atoms with Gasteiger partial charge in [-0.15, -0.1) is 11.8 Å². The lowest BCUT2D eigenvalue weighted by molar-refractivity contribution is 0.0931. The Labute approximate surface area is 177 Å². The predicted molar refractivity (Wildman–Crippen MR) is 118 cm³/mol. The van der Waals surface area contributed by atoms with Gasteiger partial charge in [-0.25, -0.2) is 0 Å². The summed E-state index contributed by atoms with van der Waals surface area (Å²) in [7, 11) is 3.13. The molecule has 0 atom stereocenters. The molecule has 1 saturated heterocycles. The van der Waals surface area contributed by atoms with Crippen molar-refractivity contribution in [2.45, 2.75) is 24.3 Å². The topological polar surface area (TPSA) is 50.8 Å². The molecule has 0 aliphatic carbocycles. The van der Waals surface area contributed by atoms with E-state index < -0.39 is 0 Å². The van der Waals surface area contributed by atoms with Gasteiger partial charge >= 0.3 is 0 Å². The van der Waals surface area contributed by atoms with Gasteiger partial charge in [0.05, 0.1) is 19.8 Å². The highest BCUT2D eigenvalue weighted by atomic mass is 32.2. The van der Waals surface area contributed by atoms with Gasteiger partial charge in [-0.3, -0.25) is 9.69 Å². The van der Waals surface area contributed by atoms with E-state index in [-0.39, 0.29) is 5.91 Å². The molecule has 0 radical (unpaired) electrons. The molecular formula is C23H30N2O3S. The van der Waals surface area contributed by atoms with Crippen molar-refractivity contribution in [3.63, 3.8) is 0 Å². The molecule has 29 heavy (non-hydrogen) atoms. The van der Waals surface area contributed by atoms with E-state index in [1.807, 2.05) is 0 Å². The van der Waals surface area contributed by atoms with Crippen molar-refractivity contribution < 1.29 is 14.3 Å². The van der Waals surface area contributed by atoms with Crippen LogP contribution in [0.4, 0.5) is 0 Å². The number of rotatable bonds is 8. The average Bonchev–Trinajstić information content (AvgIpc) is 2.78. The number of hydrogen-bond donors (Lipinski definition) is 1. The first-order chi connectivity index (χ1) is 14.2. The van der Waals surface area contributed by atoms with E-state index in [0.29, 0.717) is 29.5 Å². The molecule has 2 aromatic carbocycles. The number of methoxy groups -OCH3 is 2. The fourth-order valence-corrected chi connectivity index (χ4v) is 4.43. The van der Waals surface area contributed by atoms with Crippen molar-refractivity contribution in [2.24, 2.45) is 5.92 Å². The minimum absolute atomic E-state index is 0.114. The van der Waals surface area contributed by atoms with Gasteiger partial charge in [0.15, 0.2) is 11.5 Å². The zero-order chi connectivity index (χ0) is 20.6. The Morgan fingerprint density at radius 2 is 1.86 bits per heavy atom. The second-order valence-corrected chi connectivity index (χ2v) is 8.13. The van der Waals surface area contributed by atoms with Crippen molar-refractivity contribution in [2.75, 3.05) is 40.1 Å². The van der Waals surface area contributed by atoms with E-state index >= 15 is 0 Å². The van der Waals surface area contributed by atoms with Gasteiger partial charge in [0, 0.05) is 18.0 Å². The van der Waals surface area contributed by atoms with Crippen LogP contribution in [-0.2, 0) is 6.54 Å². The Balaban J connectivity index is 1.50. The van der Waals surface area contributed by atoms with Crippen LogP contribution < -0.4 is 14.8 Å². The van der Waals surface area contributed by atoms with Crippen LogP contribution in [0.5, 0.6) is 11.5 Å². The maximum Gasteiger partial charge on any atom is 0.255 e. The first kappa shape index (κ1) is 21.5. The van der Waals surface area contributed by atoms with E-state index in [1.54, 1.807) is 44.2 Å². The normalized spacial score (nSPS) is 15.1. The van der Waals surface area contributed by atoms with E-state index in [9.17, 15) is 4.79 Å². The van der Waals surface area contributed by atoms with Gasteiger partial charge in [0.1, 0.15) is 0 Å². The minimum Gasteiger partial charge on any atom is -0.493 e. The molecule has 0 unspecified atom stereocenters. The molecule has 0 bridgehead atoms. The molecule has 2 aromatic rings. The first-order valence-electron chi connectivity index (χ1n) is 9.99. The lowest BCUT2D eigenvalue weighted by Gasteiger charge is -2.32. The van der Waals surface area contributed by atoms with Crippen molar-refractivity contribution in [3.05, 3.63) is 53.6 Å². The number of carbonyl (C=O) groups excluding carboxylic acids is 1. The summed E-state index contributed by atoms with van der Waals surface area (Å²) in [5, 5.41) is 3.08. The summed E-state index contributed by atoms with van der Waals surface area (Å²) < 4.78 is 10.7. The number of hydrogen-bond acceptors (Lipinski definition) is 5. The van der Waals surface area contributed by atoms with Crippen LogP contribution in [0.2, 0.25) is 0 Å². The van der Waals surface area contributed by atoms with E-state index in [0.717, 1.165) is 32.5 Å². The van der Waals surface area contributed by atoms with Crippen LogP contribution in [0.1, 0.15) is 28.8 Å². The summed E-state index contributed by atoms with van der Waals surface area (Å²) in [6.45, 7) is 3.81. The average molecular weight is 415 g/mol. The van der Waals surface area contributed by atoms with Gasteiger partial charge in [0.25, 0.3) is 5.91 Å². The molecule has 5 nitrogen and oxygen atoms in total. The minimum atomic E-state index is -0.114. The largest absolute Gasteiger partial charge is 0.493 e. The van der Waals surface area contributed by atoms with Crippen LogP contribution in [0.15, 0.2) is 47.4 Å². The zero-order valence-corrected chi connectivity index (χ0v) is 18.3. The van der Waals surface area contributed by atoms with Gasteiger partial charge in [-0.1, -0.05) is 24.3 Å². The smallest absolute Gasteiger partial charge is 0.255 e. The Kier molecular flexibility index (Phi) is 7.83. The van der Waals surface area contributed by atoms with Crippen molar-refractivity contribution in [3.8, 4) is 11.5 Å². The molecule has 156 valence electrons. The maximum absolute atomic E-state index is 12.7. The van der Waals surface area contributed by atoms with E-state index in [1.165, 1.54) is 10.5 Å². The molecule has 0 aromatic heterocycles. The molecule has 1 N–H and O–H groups in total. The Morgan fingerprint density at radius 1 is 1.10 bits per heavy atom. The van der Waals surface area contributed by atoms with Crippen LogP contribution in [0.25, 0.3) is 0 Å². The number of likely N-dealkylation sites (tertiary alicyclic amines) is 1. The number of para-hydroxylation sites is 1. The fourth-order valence-electron chi connectivity index (χ4n) is 3.82. The molecule has 1 fully saturated rings. The highest BCUT2D eigenvalue weighted by Crippen LogP contribution is 2.30. The standard InChI is InChI=1S/C23H30N2O3S/c1-27-20-9-6-8-19(22(20)28-2)23(26)24-15-17-11-13-25(14-12-17)16-18-7-4-5-10-21(18)29-3/h4-10,17H,11-16H2,1-3H3,(H,24,26). The number of nitrogens with zero attached hydrogens (tertiary/aromatic N) is 1. The summed E-state index contributed by atoms with van der Waals surface area (Å²) >= 11 is 1.81. The molecule has 0 saturated carbocycles. The SMILES string of the molecule is COc1cccc(C(=O)NCC2CCN(Cc3ccccc3SC)CC2)c1OC. The third kappa shape index (κ3) is 5.46. The number of carbonyl (C=O) groups is 1.